The van der Waals surface area contributed by atoms with E-state index in [9.17, 15) is 0 Å². The lowest BCUT2D eigenvalue weighted by molar-refractivity contribution is 0.324. The van der Waals surface area contributed by atoms with Crippen molar-refractivity contribution in [3.05, 3.63) is 21.9 Å². The Hall–Kier alpha value is -0.470. The van der Waals surface area contributed by atoms with Crippen molar-refractivity contribution in [3.8, 4) is 11.8 Å². The minimum Gasteiger partial charge on any atom is -0.320 e. The summed E-state index contributed by atoms with van der Waals surface area (Å²) in [5.74, 6) is 8.31. The van der Waals surface area contributed by atoms with Gasteiger partial charge in [-0.2, -0.15) is 11.8 Å². The van der Waals surface area contributed by atoms with Gasteiger partial charge in [-0.3, -0.25) is 0 Å². The van der Waals surface area contributed by atoms with Crippen molar-refractivity contribution >= 4 is 23.1 Å². The molecule has 0 radical (unpaired) electrons. The summed E-state index contributed by atoms with van der Waals surface area (Å²) in [5, 5.41) is 2.11. The van der Waals surface area contributed by atoms with Crippen LogP contribution in [-0.4, -0.2) is 36.8 Å². The van der Waals surface area contributed by atoms with Crippen LogP contribution in [0.4, 0.5) is 0 Å². The monoisotopic (exact) mass is 282 g/mol. The maximum atomic E-state index is 5.40. The van der Waals surface area contributed by atoms with E-state index in [2.05, 4.69) is 42.0 Å². The first kappa shape index (κ1) is 15.6. The van der Waals surface area contributed by atoms with E-state index in [1.165, 1.54) is 17.2 Å². The SMILES string of the molecule is CCN(CC)CCSCc1sccc1C#CCN. The van der Waals surface area contributed by atoms with E-state index in [1.807, 2.05) is 11.8 Å². The van der Waals surface area contributed by atoms with E-state index >= 15 is 0 Å². The van der Waals surface area contributed by atoms with E-state index in [0.29, 0.717) is 6.54 Å². The molecule has 100 valence electrons. The smallest absolute Gasteiger partial charge is 0.0555 e. The fourth-order valence-electron chi connectivity index (χ4n) is 1.61. The molecule has 2 nitrogen and oxygen atoms in total. The predicted octanol–water partition coefficient (Wildman–Crippen LogP) is 2.63. The molecule has 2 N–H and O–H groups in total. The fraction of sp³-hybridized carbons (Fsp3) is 0.571. The number of hydrogen-bond donors (Lipinski definition) is 1. The molecule has 0 fully saturated rings. The van der Waals surface area contributed by atoms with Gasteiger partial charge in [0.15, 0.2) is 0 Å². The normalized spacial score (nSPS) is 10.4. The molecule has 0 aromatic carbocycles. The second-order valence-electron chi connectivity index (χ2n) is 3.84. The molecule has 0 aliphatic heterocycles. The third-order valence-corrected chi connectivity index (χ3v) is 4.82. The van der Waals surface area contributed by atoms with Gasteiger partial charge in [0.1, 0.15) is 0 Å². The molecule has 1 heterocycles. The standard InChI is InChI=1S/C14H22N2S2/c1-3-16(4-2)9-11-17-12-14-13(6-5-8-15)7-10-18-14/h7,10H,3-4,8-9,11-12,15H2,1-2H3. The van der Waals surface area contributed by atoms with Crippen LogP contribution < -0.4 is 5.73 Å². The Labute approximate surface area is 119 Å². The van der Waals surface area contributed by atoms with Crippen LogP contribution in [0.1, 0.15) is 24.3 Å². The zero-order chi connectivity index (χ0) is 13.2. The zero-order valence-electron chi connectivity index (χ0n) is 11.2. The highest BCUT2D eigenvalue weighted by atomic mass is 32.2. The Morgan fingerprint density at radius 2 is 2.17 bits per heavy atom. The van der Waals surface area contributed by atoms with Crippen molar-refractivity contribution in [2.24, 2.45) is 5.73 Å². The van der Waals surface area contributed by atoms with Gasteiger partial charge < -0.3 is 10.6 Å². The highest BCUT2D eigenvalue weighted by Crippen LogP contribution is 2.21. The summed E-state index contributed by atoms with van der Waals surface area (Å²) in [6.45, 7) is 8.33. The number of thioether (sulfide) groups is 1. The summed E-state index contributed by atoms with van der Waals surface area (Å²) in [6.07, 6.45) is 0. The van der Waals surface area contributed by atoms with E-state index in [1.54, 1.807) is 11.3 Å². The van der Waals surface area contributed by atoms with Gasteiger partial charge in [0.2, 0.25) is 0 Å². The van der Waals surface area contributed by atoms with Gasteiger partial charge in [0, 0.05) is 28.5 Å². The summed E-state index contributed by atoms with van der Waals surface area (Å²) in [4.78, 5) is 3.83. The first-order valence-electron chi connectivity index (χ1n) is 6.37. The summed E-state index contributed by atoms with van der Waals surface area (Å²) in [5.41, 5.74) is 6.55. The van der Waals surface area contributed by atoms with Crippen LogP contribution in [0, 0.1) is 11.8 Å². The molecule has 0 spiro atoms. The number of thiophene rings is 1. The minimum absolute atomic E-state index is 0.435. The molecule has 1 aromatic rings. The third kappa shape index (κ3) is 5.45. The maximum Gasteiger partial charge on any atom is 0.0555 e. The quantitative estimate of drug-likeness (QED) is 0.616. The van der Waals surface area contributed by atoms with Crippen LogP contribution in [0.25, 0.3) is 0 Å². The van der Waals surface area contributed by atoms with Crippen molar-refractivity contribution in [1.29, 1.82) is 0 Å². The molecule has 0 bridgehead atoms. The lowest BCUT2D eigenvalue weighted by Gasteiger charge is -2.17. The van der Waals surface area contributed by atoms with Crippen LogP contribution in [0.15, 0.2) is 11.4 Å². The van der Waals surface area contributed by atoms with Gasteiger partial charge in [0.05, 0.1) is 6.54 Å². The Morgan fingerprint density at radius 3 is 2.83 bits per heavy atom. The molecule has 0 unspecified atom stereocenters. The third-order valence-electron chi connectivity index (χ3n) is 2.75. The van der Waals surface area contributed by atoms with Crippen molar-refractivity contribution in [2.75, 3.05) is 31.9 Å². The molecule has 0 aliphatic rings. The number of nitrogens with two attached hydrogens (primary N) is 1. The average Bonchev–Trinajstić information content (AvgIpc) is 2.84. The molecule has 4 heteroatoms. The Balaban J connectivity index is 2.33. The fourth-order valence-corrected chi connectivity index (χ4v) is 3.62. The first-order valence-corrected chi connectivity index (χ1v) is 8.40. The van der Waals surface area contributed by atoms with Crippen LogP contribution in [0.5, 0.6) is 0 Å². The van der Waals surface area contributed by atoms with Crippen LogP contribution in [-0.2, 0) is 5.75 Å². The largest absolute Gasteiger partial charge is 0.320 e. The van der Waals surface area contributed by atoms with Crippen molar-refractivity contribution in [1.82, 2.24) is 4.90 Å². The summed E-state index contributed by atoms with van der Waals surface area (Å²) in [7, 11) is 0. The first-order chi connectivity index (χ1) is 8.81. The molecule has 0 amide bonds. The molecular formula is C14H22N2S2. The molecule has 1 rings (SSSR count). The number of rotatable bonds is 7. The second kappa shape index (κ2) is 9.46. The van der Waals surface area contributed by atoms with E-state index in [0.717, 1.165) is 24.4 Å². The Morgan fingerprint density at radius 1 is 1.39 bits per heavy atom. The maximum absolute atomic E-state index is 5.40. The molecule has 0 saturated carbocycles. The molecule has 1 aromatic heterocycles. The van der Waals surface area contributed by atoms with Crippen LogP contribution >= 0.6 is 23.1 Å². The van der Waals surface area contributed by atoms with Crippen molar-refractivity contribution in [3.63, 3.8) is 0 Å². The van der Waals surface area contributed by atoms with Gasteiger partial charge in [-0.05, 0) is 24.5 Å². The zero-order valence-corrected chi connectivity index (χ0v) is 12.9. The topological polar surface area (TPSA) is 29.3 Å². The molecule has 0 atom stereocenters. The average molecular weight is 282 g/mol. The minimum atomic E-state index is 0.435. The summed E-state index contributed by atoms with van der Waals surface area (Å²) >= 11 is 3.78. The van der Waals surface area contributed by atoms with Crippen LogP contribution in [0.2, 0.25) is 0 Å². The molecule has 0 saturated heterocycles. The van der Waals surface area contributed by atoms with E-state index < -0.39 is 0 Å². The highest BCUT2D eigenvalue weighted by molar-refractivity contribution is 7.98. The second-order valence-corrected chi connectivity index (χ2v) is 5.95. The molecule has 18 heavy (non-hydrogen) atoms. The van der Waals surface area contributed by atoms with Gasteiger partial charge in [-0.25, -0.2) is 0 Å². The lowest BCUT2D eigenvalue weighted by atomic mass is 10.3. The number of hydrogen-bond acceptors (Lipinski definition) is 4. The van der Waals surface area contributed by atoms with Gasteiger partial charge >= 0.3 is 0 Å². The highest BCUT2D eigenvalue weighted by Gasteiger charge is 2.03. The van der Waals surface area contributed by atoms with Gasteiger partial charge in [-0.15, -0.1) is 11.3 Å². The van der Waals surface area contributed by atoms with E-state index in [4.69, 9.17) is 5.73 Å². The van der Waals surface area contributed by atoms with Crippen LogP contribution in [0.3, 0.4) is 0 Å². The Bertz CT molecular complexity index is 386. The predicted molar refractivity (Wildman–Crippen MR) is 84.2 cm³/mol. The van der Waals surface area contributed by atoms with Gasteiger partial charge in [-0.1, -0.05) is 25.7 Å². The van der Waals surface area contributed by atoms with Crippen molar-refractivity contribution < 1.29 is 0 Å². The Kier molecular flexibility index (Phi) is 8.19. The number of nitrogens with zero attached hydrogens (tertiary/aromatic N) is 1. The van der Waals surface area contributed by atoms with E-state index in [-0.39, 0.29) is 0 Å². The lowest BCUT2D eigenvalue weighted by Crippen LogP contribution is -2.25. The van der Waals surface area contributed by atoms with Crippen molar-refractivity contribution in [2.45, 2.75) is 19.6 Å². The molecular weight excluding hydrogens is 260 g/mol. The molecule has 0 aliphatic carbocycles. The summed E-state index contributed by atoms with van der Waals surface area (Å²) in [6, 6.07) is 2.09. The van der Waals surface area contributed by atoms with Gasteiger partial charge in [0.25, 0.3) is 0 Å². The summed E-state index contributed by atoms with van der Waals surface area (Å²) < 4.78 is 0.